The summed E-state index contributed by atoms with van der Waals surface area (Å²) in [5.74, 6) is 0.0563. The van der Waals surface area contributed by atoms with Gasteiger partial charge in [-0.1, -0.05) is 13.8 Å². The molecule has 0 saturated carbocycles. The van der Waals surface area contributed by atoms with Crippen LogP contribution in [0.1, 0.15) is 20.3 Å². The van der Waals surface area contributed by atoms with Gasteiger partial charge in [0.05, 0.1) is 6.61 Å². The van der Waals surface area contributed by atoms with Gasteiger partial charge in [0.25, 0.3) is 5.91 Å². The summed E-state index contributed by atoms with van der Waals surface area (Å²) in [4.78, 5) is 11.3. The molecule has 0 radical (unpaired) electrons. The van der Waals surface area contributed by atoms with Crippen LogP contribution in [0, 0.1) is 5.92 Å². The molecule has 1 amide bonds. The number of rotatable bonds is 3. The second kappa shape index (κ2) is 4.07. The summed E-state index contributed by atoms with van der Waals surface area (Å²) in [7, 11) is 0. The molecule has 0 bridgehead atoms. The molecule has 1 aliphatic heterocycles. The number of hydrogen-bond donors (Lipinski definition) is 2. The molecule has 0 aromatic rings. The Bertz CT molecular complexity index is 186. The van der Waals surface area contributed by atoms with Crippen LogP contribution < -0.4 is 11.1 Å². The molecule has 76 valence electrons. The molecule has 1 aliphatic rings. The Morgan fingerprint density at radius 3 is 2.77 bits per heavy atom. The number of hydrogen-bond acceptors (Lipinski definition) is 3. The average molecular weight is 186 g/mol. The summed E-state index contributed by atoms with van der Waals surface area (Å²) >= 11 is 0. The number of nitrogens with one attached hydrogen (secondary N) is 1. The number of carbonyl (C=O) groups is 1. The molecule has 0 aromatic carbocycles. The molecule has 13 heavy (non-hydrogen) atoms. The van der Waals surface area contributed by atoms with Gasteiger partial charge in [0.1, 0.15) is 0 Å². The van der Waals surface area contributed by atoms with Gasteiger partial charge in [0.15, 0.2) is 5.60 Å². The van der Waals surface area contributed by atoms with Crippen molar-refractivity contribution in [2.24, 2.45) is 11.7 Å². The second-order valence-electron chi connectivity index (χ2n) is 3.98. The molecule has 4 nitrogen and oxygen atoms in total. The minimum Gasteiger partial charge on any atom is -0.367 e. The van der Waals surface area contributed by atoms with Gasteiger partial charge >= 0.3 is 0 Å². The van der Waals surface area contributed by atoms with Gasteiger partial charge in [0.2, 0.25) is 0 Å². The molecular weight excluding hydrogens is 168 g/mol. The number of carbonyl (C=O) groups excluding carboxylic acids is 1. The fraction of sp³-hybridized carbons (Fsp3) is 0.889. The van der Waals surface area contributed by atoms with E-state index < -0.39 is 5.60 Å². The highest BCUT2D eigenvalue weighted by Crippen LogP contribution is 2.22. The maximum atomic E-state index is 11.3. The summed E-state index contributed by atoms with van der Waals surface area (Å²) in [5, 5.41) is 3.14. The Balaban J connectivity index is 2.67. The van der Waals surface area contributed by atoms with Crippen molar-refractivity contribution in [3.8, 4) is 0 Å². The van der Waals surface area contributed by atoms with E-state index in [-0.39, 0.29) is 5.91 Å². The average Bonchev–Trinajstić information content (AvgIpc) is 2.04. The fourth-order valence-electron chi connectivity index (χ4n) is 1.71. The Kier molecular flexibility index (Phi) is 3.27. The summed E-state index contributed by atoms with van der Waals surface area (Å²) in [5.41, 5.74) is 4.58. The van der Waals surface area contributed by atoms with Crippen LogP contribution in [0.5, 0.6) is 0 Å². The van der Waals surface area contributed by atoms with Crippen molar-refractivity contribution in [1.82, 2.24) is 5.32 Å². The molecule has 0 aromatic heterocycles. The van der Waals surface area contributed by atoms with Crippen LogP contribution in [-0.4, -0.2) is 31.2 Å². The van der Waals surface area contributed by atoms with E-state index in [9.17, 15) is 4.79 Å². The quantitative estimate of drug-likeness (QED) is 0.645. The molecular formula is C9H18N2O2. The number of primary amides is 1. The maximum absolute atomic E-state index is 11.3. The Morgan fingerprint density at radius 1 is 1.69 bits per heavy atom. The van der Waals surface area contributed by atoms with Crippen LogP contribution in [0.2, 0.25) is 0 Å². The number of morpholine rings is 1. The SMILES string of the molecule is CC(C)CC1(C(N)=O)CNCCO1. The van der Waals surface area contributed by atoms with Crippen LogP contribution in [-0.2, 0) is 9.53 Å². The lowest BCUT2D eigenvalue weighted by Crippen LogP contribution is -2.58. The first-order valence-corrected chi connectivity index (χ1v) is 4.71. The molecule has 1 saturated heterocycles. The van der Waals surface area contributed by atoms with Crippen molar-refractivity contribution in [1.29, 1.82) is 0 Å². The first-order valence-electron chi connectivity index (χ1n) is 4.71. The molecule has 1 fully saturated rings. The zero-order chi connectivity index (χ0) is 9.90. The molecule has 1 rings (SSSR count). The predicted molar refractivity (Wildman–Crippen MR) is 50.2 cm³/mol. The summed E-state index contributed by atoms with van der Waals surface area (Å²) in [6.07, 6.45) is 0.690. The van der Waals surface area contributed by atoms with Gasteiger partial charge in [-0.2, -0.15) is 0 Å². The Labute approximate surface area is 78.8 Å². The van der Waals surface area contributed by atoms with Crippen LogP contribution in [0.25, 0.3) is 0 Å². The van der Waals surface area contributed by atoms with Gasteiger partial charge in [-0.25, -0.2) is 0 Å². The third-order valence-electron chi connectivity index (χ3n) is 2.25. The monoisotopic (exact) mass is 186 g/mol. The topological polar surface area (TPSA) is 64.4 Å². The van der Waals surface area contributed by atoms with Gasteiger partial charge in [-0.05, 0) is 12.3 Å². The fourth-order valence-corrected chi connectivity index (χ4v) is 1.71. The minimum absolute atomic E-state index is 0.353. The van der Waals surface area contributed by atoms with Crippen LogP contribution in [0.3, 0.4) is 0 Å². The first kappa shape index (κ1) is 10.5. The summed E-state index contributed by atoms with van der Waals surface area (Å²) in [6, 6.07) is 0. The van der Waals surface area contributed by atoms with Crippen molar-refractivity contribution in [3.63, 3.8) is 0 Å². The van der Waals surface area contributed by atoms with E-state index in [1.807, 2.05) is 0 Å². The molecule has 3 N–H and O–H groups in total. The lowest BCUT2D eigenvalue weighted by Gasteiger charge is -2.36. The lowest BCUT2D eigenvalue weighted by molar-refractivity contribution is -0.149. The third kappa shape index (κ3) is 2.42. The Morgan fingerprint density at radius 2 is 2.38 bits per heavy atom. The summed E-state index contributed by atoms with van der Waals surface area (Å²) in [6.45, 7) is 6.02. The van der Waals surface area contributed by atoms with Gasteiger partial charge < -0.3 is 15.8 Å². The highest BCUT2D eigenvalue weighted by molar-refractivity contribution is 5.84. The van der Waals surface area contributed by atoms with E-state index in [0.29, 0.717) is 25.5 Å². The van der Waals surface area contributed by atoms with Crippen molar-refractivity contribution < 1.29 is 9.53 Å². The van der Waals surface area contributed by atoms with Crippen molar-refractivity contribution in [3.05, 3.63) is 0 Å². The molecule has 1 unspecified atom stereocenters. The van der Waals surface area contributed by atoms with Crippen LogP contribution in [0.15, 0.2) is 0 Å². The van der Waals surface area contributed by atoms with E-state index in [4.69, 9.17) is 10.5 Å². The molecule has 1 atom stereocenters. The van der Waals surface area contributed by atoms with Crippen molar-refractivity contribution in [2.75, 3.05) is 19.7 Å². The van der Waals surface area contributed by atoms with Gasteiger partial charge in [0, 0.05) is 13.1 Å². The van der Waals surface area contributed by atoms with E-state index in [1.54, 1.807) is 0 Å². The minimum atomic E-state index is -0.771. The van der Waals surface area contributed by atoms with Gasteiger partial charge in [-0.3, -0.25) is 4.79 Å². The highest BCUT2D eigenvalue weighted by atomic mass is 16.5. The Hall–Kier alpha value is -0.610. The number of nitrogens with two attached hydrogens (primary N) is 1. The van der Waals surface area contributed by atoms with E-state index >= 15 is 0 Å². The predicted octanol–water partition coefficient (Wildman–Crippen LogP) is -0.124. The molecule has 0 spiro atoms. The lowest BCUT2D eigenvalue weighted by atomic mass is 9.90. The van der Waals surface area contributed by atoms with Gasteiger partial charge in [-0.15, -0.1) is 0 Å². The maximum Gasteiger partial charge on any atom is 0.251 e. The largest absolute Gasteiger partial charge is 0.367 e. The second-order valence-corrected chi connectivity index (χ2v) is 3.98. The molecule has 4 heteroatoms. The standard InChI is InChI=1S/C9H18N2O2/c1-7(2)5-9(8(10)12)6-11-3-4-13-9/h7,11H,3-6H2,1-2H3,(H2,10,12). The zero-order valence-electron chi connectivity index (χ0n) is 8.30. The van der Waals surface area contributed by atoms with Crippen LogP contribution in [0.4, 0.5) is 0 Å². The number of ether oxygens (including phenoxy) is 1. The zero-order valence-corrected chi connectivity index (χ0v) is 8.30. The smallest absolute Gasteiger partial charge is 0.251 e. The van der Waals surface area contributed by atoms with E-state index in [0.717, 1.165) is 6.54 Å². The normalized spacial score (nSPS) is 29.2. The molecule has 0 aliphatic carbocycles. The summed E-state index contributed by atoms with van der Waals surface area (Å²) < 4.78 is 5.50. The van der Waals surface area contributed by atoms with Crippen molar-refractivity contribution in [2.45, 2.75) is 25.9 Å². The molecule has 1 heterocycles. The third-order valence-corrected chi connectivity index (χ3v) is 2.25. The number of amides is 1. The highest BCUT2D eigenvalue weighted by Gasteiger charge is 2.39. The van der Waals surface area contributed by atoms with Crippen molar-refractivity contribution >= 4 is 5.91 Å². The first-order chi connectivity index (χ1) is 6.07. The van der Waals surface area contributed by atoms with E-state index in [1.165, 1.54) is 0 Å². The van der Waals surface area contributed by atoms with E-state index in [2.05, 4.69) is 19.2 Å². The van der Waals surface area contributed by atoms with Crippen LogP contribution >= 0.6 is 0 Å².